The van der Waals surface area contributed by atoms with Crippen molar-refractivity contribution < 1.29 is 9.84 Å². The minimum atomic E-state index is -1.19. The number of aliphatic hydroxyl groups is 1. The van der Waals surface area contributed by atoms with Crippen LogP contribution in [0.3, 0.4) is 0 Å². The smallest absolute Gasteiger partial charge is 0.197 e. The van der Waals surface area contributed by atoms with Crippen LogP contribution in [0, 0.1) is 0 Å². The van der Waals surface area contributed by atoms with E-state index in [0.717, 1.165) is 11.3 Å². The number of aromatic amines is 1. The van der Waals surface area contributed by atoms with Gasteiger partial charge < -0.3 is 20.1 Å². The monoisotopic (exact) mass is 288 g/mol. The van der Waals surface area contributed by atoms with E-state index in [0.29, 0.717) is 18.6 Å². The number of aliphatic hydroxyl groups excluding tert-OH is 1. The number of aromatic nitrogens is 1. The summed E-state index contributed by atoms with van der Waals surface area (Å²) in [6.45, 7) is 2.11. The normalized spacial score (nSPS) is 17.2. The number of ether oxygens (including phenoxy) is 1. The number of fused-ring (bicyclic) bond motifs is 1. The minimum absolute atomic E-state index is 0.189. The molecule has 2 rings (SSSR count). The predicted octanol–water partition coefficient (Wildman–Crippen LogP) is 1.63. The van der Waals surface area contributed by atoms with Crippen molar-refractivity contribution >= 4 is 6.08 Å². The van der Waals surface area contributed by atoms with Crippen molar-refractivity contribution in [2.75, 3.05) is 13.7 Å². The van der Waals surface area contributed by atoms with Crippen LogP contribution < -0.4 is 10.7 Å². The van der Waals surface area contributed by atoms with Crippen LogP contribution in [-0.2, 0) is 11.2 Å². The maximum atomic E-state index is 12.3. The maximum Gasteiger partial charge on any atom is 0.197 e. The van der Waals surface area contributed by atoms with E-state index in [4.69, 9.17) is 4.74 Å². The summed E-state index contributed by atoms with van der Waals surface area (Å²) in [5, 5.41) is 12.7. The molecule has 0 aromatic carbocycles. The molecule has 1 aromatic rings. The second kappa shape index (κ2) is 7.06. The van der Waals surface area contributed by atoms with E-state index < -0.39 is 6.29 Å². The number of pyridine rings is 1. The summed E-state index contributed by atoms with van der Waals surface area (Å²) < 4.78 is 5.07. The van der Waals surface area contributed by atoms with Gasteiger partial charge in [-0.15, -0.1) is 0 Å². The fourth-order valence-corrected chi connectivity index (χ4v) is 2.19. The average Bonchev–Trinajstić information content (AvgIpc) is 2.48. The molecular weight excluding hydrogens is 268 g/mol. The molecule has 5 heteroatoms. The second-order valence-electron chi connectivity index (χ2n) is 4.67. The summed E-state index contributed by atoms with van der Waals surface area (Å²) in [5.41, 5.74) is 2.58. The van der Waals surface area contributed by atoms with Gasteiger partial charge in [0.2, 0.25) is 0 Å². The molecular formula is C16H20N2O3. The van der Waals surface area contributed by atoms with Gasteiger partial charge in [-0.3, -0.25) is 4.79 Å². The van der Waals surface area contributed by atoms with Crippen LogP contribution in [0.2, 0.25) is 0 Å². The molecule has 1 aliphatic rings. The molecule has 1 unspecified atom stereocenters. The Bertz CT molecular complexity index is 641. The number of allylic oxidation sites excluding steroid dienone is 4. The Labute approximate surface area is 123 Å². The third-order valence-corrected chi connectivity index (χ3v) is 3.24. The van der Waals surface area contributed by atoms with E-state index >= 15 is 0 Å². The van der Waals surface area contributed by atoms with Crippen molar-refractivity contribution in [3.8, 4) is 0 Å². The number of rotatable bonds is 5. The van der Waals surface area contributed by atoms with Gasteiger partial charge in [0.05, 0.1) is 5.56 Å². The first-order valence-electron chi connectivity index (χ1n) is 6.92. The van der Waals surface area contributed by atoms with Gasteiger partial charge in [-0.2, -0.15) is 0 Å². The molecule has 3 N–H and O–H groups in total. The van der Waals surface area contributed by atoms with Crippen LogP contribution in [0.15, 0.2) is 41.0 Å². The van der Waals surface area contributed by atoms with E-state index in [-0.39, 0.29) is 11.0 Å². The van der Waals surface area contributed by atoms with Crippen LogP contribution in [0.5, 0.6) is 0 Å². The van der Waals surface area contributed by atoms with Gasteiger partial charge >= 0.3 is 0 Å². The Kier molecular flexibility index (Phi) is 5.14. The van der Waals surface area contributed by atoms with Gasteiger partial charge in [0, 0.05) is 37.5 Å². The molecule has 0 amide bonds. The lowest BCUT2D eigenvalue weighted by Crippen LogP contribution is -2.21. The third kappa shape index (κ3) is 3.51. The summed E-state index contributed by atoms with van der Waals surface area (Å²) in [6, 6.07) is 0. The summed E-state index contributed by atoms with van der Waals surface area (Å²) in [4.78, 5) is 15.4. The fraction of sp³-hybridized carbons (Fsp3) is 0.312. The topological polar surface area (TPSA) is 74.3 Å². The largest absolute Gasteiger partial charge is 0.394 e. The van der Waals surface area contributed by atoms with Gasteiger partial charge in [-0.05, 0) is 30.8 Å². The summed E-state index contributed by atoms with van der Waals surface area (Å²) in [6.07, 6.45) is 10.4. The molecule has 0 saturated carbocycles. The quantitative estimate of drug-likeness (QED) is 0.720. The van der Waals surface area contributed by atoms with Gasteiger partial charge in [-0.25, -0.2) is 0 Å². The van der Waals surface area contributed by atoms with Crippen LogP contribution >= 0.6 is 0 Å². The van der Waals surface area contributed by atoms with E-state index in [9.17, 15) is 9.90 Å². The summed E-state index contributed by atoms with van der Waals surface area (Å²) in [7, 11) is 1.84. The summed E-state index contributed by atoms with van der Waals surface area (Å²) in [5.74, 6) is 0. The number of H-pyrrole nitrogens is 1. The molecule has 1 aromatic heterocycles. The molecule has 112 valence electrons. The molecule has 21 heavy (non-hydrogen) atoms. The first-order valence-corrected chi connectivity index (χ1v) is 6.92. The number of hydrogen-bond acceptors (Lipinski definition) is 4. The minimum Gasteiger partial charge on any atom is -0.394 e. The molecule has 0 radical (unpaired) electrons. The molecule has 0 aliphatic heterocycles. The SMILES string of the molecule is CCOC(O)c1c[nH]c2c(c1=O)C=C/C(=C/C=C\NC)C2. The summed E-state index contributed by atoms with van der Waals surface area (Å²) >= 11 is 0. The highest BCUT2D eigenvalue weighted by molar-refractivity contribution is 5.61. The lowest BCUT2D eigenvalue weighted by Gasteiger charge is -2.16. The third-order valence-electron chi connectivity index (χ3n) is 3.24. The van der Waals surface area contributed by atoms with Gasteiger partial charge in [-0.1, -0.05) is 12.2 Å². The Morgan fingerprint density at radius 1 is 1.52 bits per heavy atom. The van der Waals surface area contributed by atoms with Crippen molar-refractivity contribution in [1.82, 2.24) is 10.3 Å². The van der Waals surface area contributed by atoms with Gasteiger partial charge in [0.25, 0.3) is 0 Å². The van der Waals surface area contributed by atoms with Crippen molar-refractivity contribution in [2.24, 2.45) is 0 Å². The number of nitrogens with one attached hydrogen (secondary N) is 2. The molecule has 1 heterocycles. The van der Waals surface area contributed by atoms with Gasteiger partial charge in [0.15, 0.2) is 11.7 Å². The Morgan fingerprint density at radius 3 is 3.05 bits per heavy atom. The highest BCUT2D eigenvalue weighted by atomic mass is 16.6. The molecule has 1 aliphatic carbocycles. The van der Waals surface area contributed by atoms with E-state index in [1.807, 2.05) is 31.5 Å². The van der Waals surface area contributed by atoms with Crippen LogP contribution in [0.25, 0.3) is 6.08 Å². The Hall–Kier alpha value is -2.11. The molecule has 1 atom stereocenters. The zero-order valence-electron chi connectivity index (χ0n) is 12.2. The Morgan fingerprint density at radius 2 is 2.33 bits per heavy atom. The highest BCUT2D eigenvalue weighted by Gasteiger charge is 2.18. The fourth-order valence-electron chi connectivity index (χ4n) is 2.19. The van der Waals surface area contributed by atoms with E-state index in [2.05, 4.69) is 10.3 Å². The highest BCUT2D eigenvalue weighted by Crippen LogP contribution is 2.20. The van der Waals surface area contributed by atoms with Crippen molar-refractivity contribution in [1.29, 1.82) is 0 Å². The Balaban J connectivity index is 2.30. The first-order chi connectivity index (χ1) is 10.2. The molecule has 0 fully saturated rings. The van der Waals surface area contributed by atoms with E-state index in [1.165, 1.54) is 6.20 Å². The van der Waals surface area contributed by atoms with Crippen molar-refractivity contribution in [2.45, 2.75) is 19.6 Å². The van der Waals surface area contributed by atoms with Crippen LogP contribution in [0.1, 0.15) is 30.0 Å². The molecule has 0 bridgehead atoms. The van der Waals surface area contributed by atoms with Gasteiger partial charge in [0.1, 0.15) is 0 Å². The van der Waals surface area contributed by atoms with Crippen molar-refractivity contribution in [3.63, 3.8) is 0 Å². The first kappa shape index (κ1) is 15.3. The van der Waals surface area contributed by atoms with E-state index in [1.54, 1.807) is 13.0 Å². The molecule has 5 nitrogen and oxygen atoms in total. The zero-order chi connectivity index (χ0) is 15.2. The maximum absolute atomic E-state index is 12.3. The zero-order valence-corrected chi connectivity index (χ0v) is 12.2. The second-order valence-corrected chi connectivity index (χ2v) is 4.67. The predicted molar refractivity (Wildman–Crippen MR) is 82.7 cm³/mol. The van der Waals surface area contributed by atoms with Crippen molar-refractivity contribution in [3.05, 3.63) is 63.2 Å². The standard InChI is InChI=1S/C16H20N2O3/c1-3-21-16(20)13-10-18-14-9-11(5-4-8-17-2)6-7-12(14)15(13)19/h4-8,10,16-17,20H,3,9H2,1-2H3,(H,18,19)/b8-4-,11-5-. The lowest BCUT2D eigenvalue weighted by molar-refractivity contribution is -0.0988. The molecule has 0 saturated heterocycles. The lowest BCUT2D eigenvalue weighted by atomic mass is 9.96. The van der Waals surface area contributed by atoms with Crippen LogP contribution in [0.4, 0.5) is 0 Å². The molecule has 0 spiro atoms. The average molecular weight is 288 g/mol. The van der Waals surface area contributed by atoms with Crippen LogP contribution in [-0.4, -0.2) is 23.7 Å². The number of hydrogen-bond donors (Lipinski definition) is 3.